The Labute approximate surface area is 77.9 Å². The third-order valence-electron chi connectivity index (χ3n) is 1.47. The predicted octanol–water partition coefficient (Wildman–Crippen LogP) is 0.712. The van der Waals surface area contributed by atoms with Crippen molar-refractivity contribution in [1.29, 1.82) is 0 Å². The smallest absolute Gasteiger partial charge is 0.218 e. The summed E-state index contributed by atoms with van der Waals surface area (Å²) in [7, 11) is 1.75. The van der Waals surface area contributed by atoms with Crippen molar-refractivity contribution in [1.82, 2.24) is 14.8 Å². The quantitative estimate of drug-likeness (QED) is 0.735. The van der Waals surface area contributed by atoms with Gasteiger partial charge in [0.1, 0.15) is 6.61 Å². The number of nitrogen functional groups attached to an aromatic ring is 1. The van der Waals surface area contributed by atoms with Gasteiger partial charge in [-0.2, -0.15) is 10.1 Å². The van der Waals surface area contributed by atoms with Crippen LogP contribution in [0.25, 0.3) is 0 Å². The van der Waals surface area contributed by atoms with E-state index in [1.165, 1.54) is 4.68 Å². The Morgan fingerprint density at radius 1 is 1.46 bits per heavy atom. The van der Waals surface area contributed by atoms with Crippen LogP contribution in [-0.2, 0) is 18.4 Å². The highest BCUT2D eigenvalue weighted by atomic mass is 16.5. The van der Waals surface area contributed by atoms with Crippen molar-refractivity contribution in [3.8, 4) is 0 Å². The molecule has 0 fully saturated rings. The molecule has 0 spiro atoms. The van der Waals surface area contributed by atoms with Gasteiger partial charge in [-0.25, -0.2) is 4.68 Å². The van der Waals surface area contributed by atoms with Crippen LogP contribution in [0.5, 0.6) is 0 Å². The van der Waals surface area contributed by atoms with E-state index in [2.05, 4.69) is 10.1 Å². The van der Waals surface area contributed by atoms with Crippen molar-refractivity contribution in [2.45, 2.75) is 33.0 Å². The molecule has 1 aromatic heterocycles. The fourth-order valence-corrected chi connectivity index (χ4v) is 0.794. The number of rotatable bonds is 2. The van der Waals surface area contributed by atoms with E-state index in [9.17, 15) is 0 Å². The number of ether oxygens (including phenoxy) is 1. The summed E-state index contributed by atoms with van der Waals surface area (Å²) in [5.74, 6) is 1.03. The summed E-state index contributed by atoms with van der Waals surface area (Å²) in [6, 6.07) is 0. The molecule has 0 saturated carbocycles. The molecule has 74 valence electrons. The summed E-state index contributed by atoms with van der Waals surface area (Å²) in [5.41, 5.74) is 5.34. The van der Waals surface area contributed by atoms with Crippen LogP contribution in [0.4, 0.5) is 5.95 Å². The van der Waals surface area contributed by atoms with Crippen LogP contribution in [0.15, 0.2) is 0 Å². The predicted molar refractivity (Wildman–Crippen MR) is 50.0 cm³/mol. The van der Waals surface area contributed by atoms with E-state index >= 15 is 0 Å². The van der Waals surface area contributed by atoms with E-state index in [0.29, 0.717) is 18.4 Å². The van der Waals surface area contributed by atoms with E-state index in [1.807, 2.05) is 20.8 Å². The minimum absolute atomic E-state index is 0.173. The molecule has 2 N–H and O–H groups in total. The second-order valence-electron chi connectivity index (χ2n) is 3.91. The molecule has 13 heavy (non-hydrogen) atoms. The summed E-state index contributed by atoms with van der Waals surface area (Å²) in [5, 5.41) is 4.07. The number of aromatic nitrogens is 3. The minimum atomic E-state index is -0.173. The van der Waals surface area contributed by atoms with E-state index in [1.54, 1.807) is 7.05 Å². The third-order valence-corrected chi connectivity index (χ3v) is 1.47. The molecule has 0 aromatic carbocycles. The summed E-state index contributed by atoms with van der Waals surface area (Å²) in [6.45, 7) is 6.35. The fraction of sp³-hybridized carbons (Fsp3) is 0.750. The van der Waals surface area contributed by atoms with E-state index < -0.39 is 0 Å². The highest BCUT2D eigenvalue weighted by Gasteiger charge is 2.12. The van der Waals surface area contributed by atoms with Gasteiger partial charge >= 0.3 is 0 Å². The molecule has 0 aliphatic carbocycles. The maximum absolute atomic E-state index is 5.51. The Morgan fingerprint density at radius 2 is 2.08 bits per heavy atom. The van der Waals surface area contributed by atoms with Gasteiger partial charge in [-0.1, -0.05) is 0 Å². The van der Waals surface area contributed by atoms with Crippen molar-refractivity contribution >= 4 is 5.95 Å². The van der Waals surface area contributed by atoms with Gasteiger partial charge in [-0.15, -0.1) is 0 Å². The lowest BCUT2D eigenvalue weighted by molar-refractivity contribution is -0.0181. The Bertz CT molecular complexity index is 267. The summed E-state index contributed by atoms with van der Waals surface area (Å²) < 4.78 is 7.02. The maximum Gasteiger partial charge on any atom is 0.218 e. The summed E-state index contributed by atoms with van der Waals surface area (Å²) in [4.78, 5) is 4.02. The summed E-state index contributed by atoms with van der Waals surface area (Å²) in [6.07, 6.45) is 0. The van der Waals surface area contributed by atoms with Crippen LogP contribution in [0, 0.1) is 0 Å². The molecule has 0 bridgehead atoms. The zero-order valence-electron chi connectivity index (χ0n) is 8.53. The topological polar surface area (TPSA) is 66.0 Å². The number of aryl methyl sites for hydroxylation is 1. The van der Waals surface area contributed by atoms with Gasteiger partial charge in [0.25, 0.3) is 0 Å². The van der Waals surface area contributed by atoms with E-state index in [0.717, 1.165) is 0 Å². The Balaban J connectivity index is 2.56. The van der Waals surface area contributed by atoms with E-state index in [4.69, 9.17) is 10.5 Å². The molecule has 0 saturated heterocycles. The third kappa shape index (κ3) is 3.02. The highest BCUT2D eigenvalue weighted by Crippen LogP contribution is 2.09. The highest BCUT2D eigenvalue weighted by molar-refractivity contribution is 5.14. The van der Waals surface area contributed by atoms with E-state index in [-0.39, 0.29) is 5.60 Å². The monoisotopic (exact) mass is 184 g/mol. The molecule has 0 aliphatic heterocycles. The Kier molecular flexibility index (Phi) is 2.56. The summed E-state index contributed by atoms with van der Waals surface area (Å²) >= 11 is 0. The first-order valence-corrected chi connectivity index (χ1v) is 4.18. The largest absolute Gasteiger partial charge is 0.368 e. The van der Waals surface area contributed by atoms with Crippen molar-refractivity contribution in [2.24, 2.45) is 7.05 Å². The van der Waals surface area contributed by atoms with Crippen LogP contribution < -0.4 is 5.73 Å². The Morgan fingerprint density at radius 3 is 2.46 bits per heavy atom. The number of anilines is 1. The lowest BCUT2D eigenvalue weighted by Crippen LogP contribution is -2.19. The van der Waals surface area contributed by atoms with Crippen molar-refractivity contribution in [3.05, 3.63) is 5.82 Å². The molecule has 0 radical (unpaired) electrons. The van der Waals surface area contributed by atoms with Crippen LogP contribution in [0.2, 0.25) is 0 Å². The van der Waals surface area contributed by atoms with Gasteiger partial charge in [-0.3, -0.25) is 0 Å². The normalized spacial score (nSPS) is 12.0. The minimum Gasteiger partial charge on any atom is -0.368 e. The zero-order chi connectivity index (χ0) is 10.1. The molecule has 1 heterocycles. The fourth-order valence-electron chi connectivity index (χ4n) is 0.794. The SMILES string of the molecule is Cn1nc(COC(C)(C)C)nc1N. The zero-order valence-corrected chi connectivity index (χ0v) is 8.53. The number of nitrogens with zero attached hydrogens (tertiary/aromatic N) is 3. The maximum atomic E-state index is 5.51. The van der Waals surface area contributed by atoms with Crippen LogP contribution in [0.3, 0.4) is 0 Å². The molecule has 1 aromatic rings. The van der Waals surface area contributed by atoms with Gasteiger partial charge in [0.15, 0.2) is 5.82 Å². The Hall–Kier alpha value is -1.10. The first-order valence-electron chi connectivity index (χ1n) is 4.18. The molecular formula is C8H16N4O. The van der Waals surface area contributed by atoms with Crippen LogP contribution in [-0.4, -0.2) is 20.4 Å². The molecule has 1 rings (SSSR count). The number of nitrogens with two attached hydrogens (primary N) is 1. The van der Waals surface area contributed by atoms with Gasteiger partial charge in [0, 0.05) is 7.05 Å². The first-order chi connectivity index (χ1) is 5.88. The lowest BCUT2D eigenvalue weighted by atomic mass is 10.2. The molecule has 5 heteroatoms. The van der Waals surface area contributed by atoms with Gasteiger partial charge < -0.3 is 10.5 Å². The standard InChI is InChI=1S/C8H16N4O/c1-8(2,3)13-5-6-10-7(9)12(4)11-6/h5H2,1-4H3,(H2,9,10,11). The van der Waals surface area contributed by atoms with Gasteiger partial charge in [0.2, 0.25) is 5.95 Å². The van der Waals surface area contributed by atoms with Crippen molar-refractivity contribution in [3.63, 3.8) is 0 Å². The average molecular weight is 184 g/mol. The van der Waals surface area contributed by atoms with Crippen molar-refractivity contribution in [2.75, 3.05) is 5.73 Å². The van der Waals surface area contributed by atoms with Gasteiger partial charge in [0.05, 0.1) is 5.60 Å². The van der Waals surface area contributed by atoms with Gasteiger partial charge in [-0.05, 0) is 20.8 Å². The second kappa shape index (κ2) is 3.33. The molecule has 0 unspecified atom stereocenters. The molecular weight excluding hydrogens is 168 g/mol. The van der Waals surface area contributed by atoms with Crippen LogP contribution >= 0.6 is 0 Å². The average Bonchev–Trinajstić information content (AvgIpc) is 2.27. The number of hydrogen-bond acceptors (Lipinski definition) is 4. The van der Waals surface area contributed by atoms with Crippen LogP contribution in [0.1, 0.15) is 26.6 Å². The second-order valence-corrected chi connectivity index (χ2v) is 3.91. The first kappa shape index (κ1) is 9.98. The lowest BCUT2D eigenvalue weighted by Gasteiger charge is -2.17. The van der Waals surface area contributed by atoms with Crippen molar-refractivity contribution < 1.29 is 4.74 Å². The molecule has 0 aliphatic rings. The molecule has 0 amide bonds. The molecule has 0 atom stereocenters. The molecule has 5 nitrogen and oxygen atoms in total. The number of hydrogen-bond donors (Lipinski definition) is 1.